The van der Waals surface area contributed by atoms with Crippen LogP contribution in [-0.4, -0.2) is 142 Å². The minimum absolute atomic E-state index is 0.000704. The van der Waals surface area contributed by atoms with Gasteiger partial charge in [-0.05, 0) is 67.6 Å². The average Bonchev–Trinajstić information content (AvgIpc) is 4.04. The molecule has 8 rings (SSSR count). The molecule has 2 aromatic heterocycles. The Morgan fingerprint density at radius 1 is 1.00 bits per heavy atom. The Morgan fingerprint density at radius 3 is 2.34 bits per heavy atom. The van der Waals surface area contributed by atoms with Crippen LogP contribution in [0.25, 0.3) is 10.4 Å². The van der Waals surface area contributed by atoms with E-state index in [4.69, 9.17) is 26.1 Å². The van der Waals surface area contributed by atoms with Crippen LogP contribution in [0.2, 0.25) is 5.02 Å². The number of fused-ring (bicyclic) bond motifs is 2. The van der Waals surface area contributed by atoms with Crippen LogP contribution in [0.5, 0.6) is 5.75 Å². The number of aliphatic hydroxyl groups is 2. The van der Waals surface area contributed by atoms with Gasteiger partial charge in [0, 0.05) is 60.7 Å². The number of pyridine rings is 1. The lowest BCUT2D eigenvalue weighted by atomic mass is 9.49. The smallest absolute Gasteiger partial charge is 0.253 e. The van der Waals surface area contributed by atoms with E-state index in [-0.39, 0.29) is 62.9 Å². The number of amides is 4. The van der Waals surface area contributed by atoms with E-state index >= 15 is 0 Å². The van der Waals surface area contributed by atoms with Crippen molar-refractivity contribution in [2.24, 2.45) is 16.2 Å². The Hall–Kier alpha value is -5.68. The summed E-state index contributed by atoms with van der Waals surface area (Å²) in [5.41, 5.74) is 3.45. The zero-order chi connectivity index (χ0) is 52.7. The standard InChI is InChI=1S/C54H68ClN9O8S/c1-30-45(73-29-58-30)32-12-10-31(11-13-32)39(26-65)59-48(69)41-20-36(66)25-64(41)49(70)46(52(2,3)4)60-44(67)28-71-27-42-40-18-16-35(62(40)9)24-63(42)43-19-15-34(23-57-43)47(68)61-50-53(5,6)51(54(50,7)8)72-37-17-14-33(22-56)38(55)21-37/h10-15,17,19,21,23,29,35-36,39-42,46,50-51,65-66H,16,18,20,24-28H2,1-9H3,(H,59,69)(H,60,67)(H,61,68)/t35?,36-,39+,40?,41?,42?,46-,50?,51?/m1/s1. The number of nitrogens with zero attached hydrogens (tertiary/aromatic N) is 6. The molecule has 2 bridgehead atoms. The molecule has 4 aromatic rings. The number of aromatic nitrogens is 2. The summed E-state index contributed by atoms with van der Waals surface area (Å²) in [6, 6.07) is 15.4. The van der Waals surface area contributed by atoms with E-state index in [0.717, 1.165) is 29.0 Å². The number of likely N-dealkylation sites (N-methyl/N-ethyl adjacent to an activating group) is 1. The summed E-state index contributed by atoms with van der Waals surface area (Å²) in [6.07, 6.45) is 2.30. The molecule has 5 N–H and O–H groups in total. The molecular weight excluding hydrogens is 970 g/mol. The maximum absolute atomic E-state index is 14.4. The lowest BCUT2D eigenvalue weighted by molar-refractivity contribution is -0.164. The average molecular weight is 1040 g/mol. The number of nitriles is 1. The summed E-state index contributed by atoms with van der Waals surface area (Å²) in [7, 11) is 2.10. The number of rotatable bonds is 16. The van der Waals surface area contributed by atoms with E-state index in [1.807, 2.05) is 58.0 Å². The first-order chi connectivity index (χ1) is 34.5. The second kappa shape index (κ2) is 21.3. The molecule has 7 atom stereocenters. The number of likely N-dealkylation sites (tertiary alicyclic amines) is 1. The zero-order valence-corrected chi connectivity index (χ0v) is 44.6. The van der Waals surface area contributed by atoms with E-state index < -0.39 is 58.2 Å². The van der Waals surface area contributed by atoms with Crippen molar-refractivity contribution in [2.45, 2.75) is 129 Å². The zero-order valence-electron chi connectivity index (χ0n) is 43.0. The molecule has 3 saturated heterocycles. The summed E-state index contributed by atoms with van der Waals surface area (Å²) < 4.78 is 12.6. The van der Waals surface area contributed by atoms with Gasteiger partial charge in [0.25, 0.3) is 5.91 Å². The molecule has 5 heterocycles. The number of thiazole rings is 1. The number of piperazine rings is 1. The highest BCUT2D eigenvalue weighted by Crippen LogP contribution is 2.55. The molecule has 1 aliphatic carbocycles. The van der Waals surface area contributed by atoms with Gasteiger partial charge >= 0.3 is 0 Å². The number of aryl methyl sites for hydroxylation is 1. The minimum atomic E-state index is -1.06. The molecule has 0 spiro atoms. The first kappa shape index (κ1) is 53.6. The largest absolute Gasteiger partial charge is 0.489 e. The van der Waals surface area contributed by atoms with Gasteiger partial charge in [-0.2, -0.15) is 5.26 Å². The first-order valence-electron chi connectivity index (χ1n) is 24.9. The minimum Gasteiger partial charge on any atom is -0.489 e. The second-order valence-electron chi connectivity index (χ2n) is 22.3. The third-order valence-corrected chi connectivity index (χ3v) is 16.8. The number of nitrogens with one attached hydrogen (secondary N) is 3. The highest BCUT2D eigenvalue weighted by molar-refractivity contribution is 7.13. The Bertz CT molecular complexity index is 2710. The summed E-state index contributed by atoms with van der Waals surface area (Å²) in [5.74, 6) is -0.544. The normalized spacial score (nSPS) is 25.0. The fourth-order valence-electron chi connectivity index (χ4n) is 11.8. The molecule has 4 aliphatic rings. The van der Waals surface area contributed by atoms with Gasteiger partial charge in [0.2, 0.25) is 17.7 Å². The molecule has 0 radical (unpaired) electrons. The van der Waals surface area contributed by atoms with Crippen molar-refractivity contribution in [2.75, 3.05) is 44.9 Å². The Kier molecular flexibility index (Phi) is 15.6. The van der Waals surface area contributed by atoms with Crippen LogP contribution in [0.15, 0.2) is 66.3 Å². The van der Waals surface area contributed by atoms with Crippen LogP contribution in [0.1, 0.15) is 101 Å². The van der Waals surface area contributed by atoms with Gasteiger partial charge in [-0.25, -0.2) is 9.97 Å². The number of carbonyl (C=O) groups is 4. The molecular formula is C54H68ClN9O8S. The summed E-state index contributed by atoms with van der Waals surface area (Å²) in [6.45, 7) is 15.7. The number of carbonyl (C=O) groups excluding carboxylic acids is 4. The fraction of sp³-hybridized carbons (Fsp3) is 0.537. The number of β-amino-alcohol motifs (C(OH)–C–C–N with tert-alkyl or cyclic N) is 1. The highest BCUT2D eigenvalue weighted by atomic mass is 35.5. The maximum atomic E-state index is 14.4. The van der Waals surface area contributed by atoms with Gasteiger partial charge in [-0.1, -0.05) is 84.3 Å². The van der Waals surface area contributed by atoms with Crippen molar-refractivity contribution in [3.8, 4) is 22.3 Å². The molecule has 3 aliphatic heterocycles. The van der Waals surface area contributed by atoms with Gasteiger partial charge in [0.1, 0.15) is 42.4 Å². The number of ether oxygens (including phenoxy) is 2. The van der Waals surface area contributed by atoms with Crippen molar-refractivity contribution < 1.29 is 38.9 Å². The Labute approximate surface area is 436 Å². The topological polar surface area (TPSA) is 223 Å². The molecule has 19 heteroatoms. The number of anilines is 1. The number of hydrogen-bond acceptors (Lipinski definition) is 14. The van der Waals surface area contributed by atoms with Crippen molar-refractivity contribution in [3.05, 3.63) is 93.7 Å². The highest BCUT2D eigenvalue weighted by Gasteiger charge is 2.64. The van der Waals surface area contributed by atoms with Crippen molar-refractivity contribution in [3.63, 3.8) is 0 Å². The SMILES string of the molecule is Cc1ncsc1-c1ccc([C@H](CO)NC(=O)C2C[C@@H](O)CN2C(=O)[C@@H](NC(=O)COCC2C3CCC(CN2c2ccc(C(=O)NC4C(C)(C)C(Oc5ccc(C#N)c(Cl)c5)C4(C)C)cn2)N3C)C(C)(C)C)cc1. The van der Waals surface area contributed by atoms with Crippen molar-refractivity contribution >= 4 is 52.4 Å². The van der Waals surface area contributed by atoms with Gasteiger partial charge < -0.3 is 45.4 Å². The molecule has 17 nitrogen and oxygen atoms in total. The maximum Gasteiger partial charge on any atom is 0.253 e. The van der Waals surface area contributed by atoms with Crippen LogP contribution in [-0.2, 0) is 19.1 Å². The molecule has 4 amide bonds. The molecule has 73 heavy (non-hydrogen) atoms. The van der Waals surface area contributed by atoms with Gasteiger partial charge in [0.05, 0.1) is 63.6 Å². The quantitative estimate of drug-likeness (QED) is 0.0916. The van der Waals surface area contributed by atoms with Crippen LogP contribution in [0.3, 0.4) is 0 Å². The third-order valence-electron chi connectivity index (χ3n) is 15.5. The number of aliphatic hydroxyl groups excluding tert-OH is 2. The summed E-state index contributed by atoms with van der Waals surface area (Å²) in [4.78, 5) is 71.8. The van der Waals surface area contributed by atoms with Crippen LogP contribution in [0, 0.1) is 34.5 Å². The van der Waals surface area contributed by atoms with E-state index in [2.05, 4.69) is 71.5 Å². The molecule has 1 saturated carbocycles. The molecule has 390 valence electrons. The van der Waals surface area contributed by atoms with E-state index in [0.29, 0.717) is 45.9 Å². The Balaban J connectivity index is 0.875. The van der Waals surface area contributed by atoms with E-state index in [9.17, 15) is 34.7 Å². The predicted molar refractivity (Wildman–Crippen MR) is 278 cm³/mol. The fourth-order valence-corrected chi connectivity index (χ4v) is 12.8. The lowest BCUT2D eigenvalue weighted by Crippen LogP contribution is -2.74. The van der Waals surface area contributed by atoms with Crippen molar-refractivity contribution in [1.82, 2.24) is 35.7 Å². The lowest BCUT2D eigenvalue weighted by Gasteiger charge is -2.63. The Morgan fingerprint density at radius 2 is 1.73 bits per heavy atom. The van der Waals surface area contributed by atoms with E-state index in [1.165, 1.54) is 16.2 Å². The van der Waals surface area contributed by atoms with Crippen molar-refractivity contribution in [1.29, 1.82) is 5.26 Å². The van der Waals surface area contributed by atoms with Crippen LogP contribution >= 0.6 is 22.9 Å². The first-order valence-corrected chi connectivity index (χ1v) is 26.2. The molecule has 4 unspecified atom stereocenters. The van der Waals surface area contributed by atoms with Crippen LogP contribution in [0.4, 0.5) is 5.82 Å². The van der Waals surface area contributed by atoms with E-state index in [1.54, 1.807) is 36.0 Å². The second-order valence-corrected chi connectivity index (χ2v) is 23.6. The third kappa shape index (κ3) is 10.9. The molecule has 2 aromatic carbocycles. The number of halogens is 1. The summed E-state index contributed by atoms with van der Waals surface area (Å²) in [5, 5.41) is 39.8. The predicted octanol–water partition coefficient (Wildman–Crippen LogP) is 5.66. The summed E-state index contributed by atoms with van der Waals surface area (Å²) >= 11 is 7.82. The van der Waals surface area contributed by atoms with Gasteiger partial charge in [-0.15, -0.1) is 11.3 Å². The van der Waals surface area contributed by atoms with Gasteiger partial charge in [0.15, 0.2) is 0 Å². The van der Waals surface area contributed by atoms with Gasteiger partial charge in [-0.3, -0.25) is 24.1 Å². The number of hydrogen-bond donors (Lipinski definition) is 5. The van der Waals surface area contributed by atoms with Crippen LogP contribution < -0.4 is 25.6 Å². The molecule has 4 fully saturated rings. The number of benzene rings is 2. The monoisotopic (exact) mass is 1040 g/mol.